The van der Waals surface area contributed by atoms with Gasteiger partial charge < -0.3 is 11.5 Å². The van der Waals surface area contributed by atoms with E-state index in [-0.39, 0.29) is 23.4 Å². The van der Waals surface area contributed by atoms with E-state index in [4.69, 9.17) is 11.5 Å². The zero-order valence-electron chi connectivity index (χ0n) is 14.7. The number of nitrogens with zero attached hydrogens (tertiary/aromatic N) is 1. The second-order valence-electron chi connectivity index (χ2n) is 5.61. The number of hydrazine groups is 1. The van der Waals surface area contributed by atoms with Gasteiger partial charge in [0.2, 0.25) is 0 Å². The zero-order valence-corrected chi connectivity index (χ0v) is 15.5. The first-order valence-corrected chi connectivity index (χ1v) is 9.54. The Hall–Kier alpha value is -1.23. The molecule has 0 unspecified atom stereocenters. The Morgan fingerprint density at radius 1 is 1.25 bits per heavy atom. The summed E-state index contributed by atoms with van der Waals surface area (Å²) in [5.41, 5.74) is 13.2. The molecule has 0 aliphatic rings. The van der Waals surface area contributed by atoms with E-state index in [1.54, 1.807) is 0 Å². The van der Waals surface area contributed by atoms with Crippen LogP contribution in [0.4, 0.5) is 0 Å². The molecule has 0 radical (unpaired) electrons. The van der Waals surface area contributed by atoms with Gasteiger partial charge in [-0.15, -0.1) is 4.41 Å². The van der Waals surface area contributed by atoms with E-state index in [1.165, 1.54) is 6.92 Å². The summed E-state index contributed by atoms with van der Waals surface area (Å²) in [6.07, 6.45) is 2.33. The topological polar surface area (TPSA) is 145 Å². The van der Waals surface area contributed by atoms with Crippen molar-refractivity contribution in [2.24, 2.45) is 17.4 Å². The second-order valence-corrected chi connectivity index (χ2v) is 7.06. The van der Waals surface area contributed by atoms with Crippen LogP contribution in [0, 0.1) is 5.92 Å². The monoisotopic (exact) mass is 366 g/mol. The minimum Gasteiger partial charge on any atom is -0.330 e. The smallest absolute Gasteiger partial charge is 0.330 e. The maximum absolute atomic E-state index is 12.2. The van der Waals surface area contributed by atoms with Gasteiger partial charge in [-0.05, 0) is 32.2 Å². The Kier molecular flexibility index (Phi) is 10.8. The number of hydrogen-bond donors (Lipinski definition) is 3. The first-order chi connectivity index (χ1) is 11.2. The quantitative estimate of drug-likeness (QED) is 0.345. The molecule has 0 spiro atoms. The molecule has 0 aliphatic carbocycles. The van der Waals surface area contributed by atoms with Gasteiger partial charge in [0.05, 0.1) is 12.6 Å². The van der Waals surface area contributed by atoms with Gasteiger partial charge >= 0.3 is 10.3 Å². The van der Waals surface area contributed by atoms with Gasteiger partial charge in [0.15, 0.2) is 0 Å². The molecule has 142 valence electrons. The first-order valence-electron chi connectivity index (χ1n) is 8.18. The van der Waals surface area contributed by atoms with Gasteiger partial charge in [-0.2, -0.15) is 8.42 Å². The number of nitrogens with one attached hydrogen (secondary N) is 1. The van der Waals surface area contributed by atoms with Crippen molar-refractivity contribution in [2.45, 2.75) is 58.9 Å². The van der Waals surface area contributed by atoms with Gasteiger partial charge in [-0.25, -0.2) is 5.43 Å². The highest BCUT2D eigenvalue weighted by Crippen LogP contribution is 2.12. The van der Waals surface area contributed by atoms with Crippen molar-refractivity contribution in [2.75, 3.05) is 13.2 Å². The fourth-order valence-corrected chi connectivity index (χ4v) is 2.72. The summed E-state index contributed by atoms with van der Waals surface area (Å²) in [7, 11) is -4.40. The van der Waals surface area contributed by atoms with Crippen LogP contribution < -0.4 is 16.9 Å². The van der Waals surface area contributed by atoms with Crippen LogP contribution in [0.2, 0.25) is 0 Å². The predicted molar refractivity (Wildman–Crippen MR) is 90.5 cm³/mol. The Morgan fingerprint density at radius 2 is 1.88 bits per heavy atom. The Labute approximate surface area is 144 Å². The normalized spacial score (nSPS) is 14.0. The lowest BCUT2D eigenvalue weighted by Crippen LogP contribution is -2.54. The molecule has 10 heteroatoms. The number of rotatable bonds is 11. The minimum atomic E-state index is -4.40. The number of carbonyl (C=O) groups is 2. The number of hydrogen-bond acceptors (Lipinski definition) is 7. The number of amides is 2. The number of unbranched alkanes of at least 4 members (excludes halogenated alkanes) is 1. The molecule has 0 bridgehead atoms. The van der Waals surface area contributed by atoms with Crippen LogP contribution >= 0.6 is 0 Å². The molecule has 24 heavy (non-hydrogen) atoms. The van der Waals surface area contributed by atoms with Crippen LogP contribution in [0.25, 0.3) is 0 Å². The lowest BCUT2D eigenvalue weighted by molar-refractivity contribution is -0.137. The number of nitrogens with two attached hydrogens (primary N) is 2. The molecule has 0 heterocycles. The fourth-order valence-electron chi connectivity index (χ4n) is 1.79. The SMILES string of the molecule is CCOS(=O)(=O)N(NC(=O)[C@@H](N)CCCCN)C(=O)C[C@@H](C)CC. The van der Waals surface area contributed by atoms with Crippen molar-refractivity contribution in [3.63, 3.8) is 0 Å². The molecule has 0 aromatic heterocycles. The van der Waals surface area contributed by atoms with Gasteiger partial charge in [0.1, 0.15) is 0 Å². The molecule has 2 amide bonds. The largest absolute Gasteiger partial charge is 0.382 e. The average Bonchev–Trinajstić information content (AvgIpc) is 2.51. The summed E-state index contributed by atoms with van der Waals surface area (Å²) >= 11 is 0. The molecule has 0 aliphatic heterocycles. The summed E-state index contributed by atoms with van der Waals surface area (Å²) < 4.78 is 29.0. The van der Waals surface area contributed by atoms with Crippen LogP contribution in [0.15, 0.2) is 0 Å². The third-order valence-electron chi connectivity index (χ3n) is 3.45. The minimum absolute atomic E-state index is 0.0352. The highest BCUT2D eigenvalue weighted by Gasteiger charge is 2.32. The molecule has 0 saturated carbocycles. The van der Waals surface area contributed by atoms with Crippen molar-refractivity contribution in [3.05, 3.63) is 0 Å². The molecule has 0 fully saturated rings. The lowest BCUT2D eigenvalue weighted by Gasteiger charge is -2.24. The van der Waals surface area contributed by atoms with E-state index in [2.05, 4.69) is 9.61 Å². The van der Waals surface area contributed by atoms with E-state index in [0.29, 0.717) is 32.2 Å². The van der Waals surface area contributed by atoms with E-state index < -0.39 is 28.2 Å². The van der Waals surface area contributed by atoms with E-state index >= 15 is 0 Å². The van der Waals surface area contributed by atoms with E-state index in [0.717, 1.165) is 0 Å². The van der Waals surface area contributed by atoms with Crippen LogP contribution in [-0.2, 0) is 24.1 Å². The number of carbonyl (C=O) groups excluding carboxylic acids is 2. The standard InChI is InChI=1S/C14H30N4O5S/c1-4-11(3)10-13(19)18(24(21,22)23-5-2)17-14(20)12(16)8-6-7-9-15/h11-12H,4-10,15-16H2,1-3H3,(H,17,20)/t11-,12-/m0/s1. The molecule has 0 aromatic rings. The zero-order chi connectivity index (χ0) is 18.8. The Balaban J connectivity index is 5.06. The predicted octanol–water partition coefficient (Wildman–Crippen LogP) is 0.0200. The summed E-state index contributed by atoms with van der Waals surface area (Å²) in [4.78, 5) is 24.3. The summed E-state index contributed by atoms with van der Waals surface area (Å²) in [5, 5.41) is 0. The molecule has 2 atom stereocenters. The third-order valence-corrected chi connectivity index (χ3v) is 4.73. The summed E-state index contributed by atoms with van der Waals surface area (Å²) in [5.74, 6) is -1.56. The van der Waals surface area contributed by atoms with Crippen LogP contribution in [0.5, 0.6) is 0 Å². The summed E-state index contributed by atoms with van der Waals surface area (Å²) in [6.45, 7) is 5.48. The first kappa shape index (κ1) is 22.8. The van der Waals surface area contributed by atoms with Crippen molar-refractivity contribution >= 4 is 22.1 Å². The molecular weight excluding hydrogens is 336 g/mol. The maximum atomic E-state index is 12.2. The van der Waals surface area contributed by atoms with E-state index in [1.807, 2.05) is 13.8 Å². The second kappa shape index (κ2) is 11.3. The summed E-state index contributed by atoms with van der Waals surface area (Å²) in [6, 6.07) is -0.938. The van der Waals surface area contributed by atoms with Gasteiger partial charge in [0.25, 0.3) is 11.8 Å². The molecular formula is C14H30N4O5S. The lowest BCUT2D eigenvalue weighted by atomic mass is 10.1. The average molecular weight is 366 g/mol. The molecule has 9 nitrogen and oxygen atoms in total. The Bertz CT molecular complexity index is 497. The third kappa shape index (κ3) is 8.04. The van der Waals surface area contributed by atoms with Gasteiger partial charge in [-0.3, -0.25) is 13.8 Å². The van der Waals surface area contributed by atoms with Gasteiger partial charge in [0, 0.05) is 6.42 Å². The van der Waals surface area contributed by atoms with Crippen LogP contribution in [0.3, 0.4) is 0 Å². The Morgan fingerprint density at radius 3 is 2.38 bits per heavy atom. The molecule has 0 aromatic carbocycles. The van der Waals surface area contributed by atoms with Crippen molar-refractivity contribution in [1.82, 2.24) is 9.84 Å². The van der Waals surface area contributed by atoms with Crippen LogP contribution in [-0.4, -0.2) is 43.8 Å². The van der Waals surface area contributed by atoms with Crippen LogP contribution in [0.1, 0.15) is 52.9 Å². The fraction of sp³-hybridized carbons (Fsp3) is 0.857. The van der Waals surface area contributed by atoms with Crippen molar-refractivity contribution < 1.29 is 22.2 Å². The highest BCUT2D eigenvalue weighted by atomic mass is 32.2. The molecule has 5 N–H and O–H groups in total. The highest BCUT2D eigenvalue weighted by molar-refractivity contribution is 7.84. The van der Waals surface area contributed by atoms with Crippen molar-refractivity contribution in [1.29, 1.82) is 0 Å². The van der Waals surface area contributed by atoms with Gasteiger partial charge in [-0.1, -0.05) is 26.7 Å². The molecule has 0 saturated heterocycles. The molecule has 0 rings (SSSR count). The van der Waals surface area contributed by atoms with E-state index in [9.17, 15) is 18.0 Å². The van der Waals surface area contributed by atoms with Crippen molar-refractivity contribution in [3.8, 4) is 0 Å². The maximum Gasteiger partial charge on any atom is 0.382 e.